The van der Waals surface area contributed by atoms with Gasteiger partial charge >= 0.3 is 0 Å². The summed E-state index contributed by atoms with van der Waals surface area (Å²) >= 11 is 0. The predicted octanol–water partition coefficient (Wildman–Crippen LogP) is 4.20. The second-order valence-corrected chi connectivity index (χ2v) is 8.03. The number of hydrogen-bond donors (Lipinski definition) is 2. The first kappa shape index (κ1) is 22.4. The summed E-state index contributed by atoms with van der Waals surface area (Å²) in [6.45, 7) is 4.74. The maximum atomic E-state index is 13.2. The van der Waals surface area contributed by atoms with E-state index in [1.807, 2.05) is 62.4 Å². The molecule has 170 valence electrons. The van der Waals surface area contributed by atoms with Gasteiger partial charge in [-0.05, 0) is 43.7 Å². The quantitative estimate of drug-likeness (QED) is 0.546. The Morgan fingerprint density at radius 1 is 1.06 bits per heavy atom. The van der Waals surface area contributed by atoms with Crippen LogP contribution in [0.3, 0.4) is 0 Å². The summed E-state index contributed by atoms with van der Waals surface area (Å²) in [4.78, 5) is 26.0. The number of carbonyl (C=O) groups is 2. The molecule has 2 amide bonds. The van der Waals surface area contributed by atoms with Crippen LogP contribution in [0.5, 0.6) is 11.5 Å². The molecule has 0 spiro atoms. The molecule has 1 aliphatic rings. The van der Waals surface area contributed by atoms with Crippen LogP contribution >= 0.6 is 0 Å². The first-order valence-electron chi connectivity index (χ1n) is 11.2. The zero-order valence-electron chi connectivity index (χ0n) is 18.8. The number of nitrogens with one attached hydrogen (secondary N) is 2. The Balaban J connectivity index is 1.53. The van der Waals surface area contributed by atoms with Gasteiger partial charge in [0.2, 0.25) is 5.91 Å². The third-order valence-corrected chi connectivity index (χ3v) is 5.54. The molecule has 0 unspecified atom stereocenters. The normalized spacial score (nSPS) is 15.2. The average Bonchev–Trinajstić information content (AvgIpc) is 3.20. The summed E-state index contributed by atoms with van der Waals surface area (Å²) in [5.74, 6) is 0.947. The van der Waals surface area contributed by atoms with Gasteiger partial charge in [-0.25, -0.2) is 0 Å². The van der Waals surface area contributed by atoms with Gasteiger partial charge < -0.3 is 20.1 Å². The van der Waals surface area contributed by atoms with E-state index in [-0.39, 0.29) is 24.5 Å². The van der Waals surface area contributed by atoms with E-state index < -0.39 is 6.04 Å². The number of ether oxygens (including phenoxy) is 2. The van der Waals surface area contributed by atoms with Gasteiger partial charge in [-0.15, -0.1) is 0 Å². The Hall–Kier alpha value is -3.80. The molecule has 2 N–H and O–H groups in total. The Kier molecular flexibility index (Phi) is 6.93. The smallest absolute Gasteiger partial charge is 0.252 e. The molecule has 0 radical (unpaired) electrons. The number of rotatable bonds is 8. The summed E-state index contributed by atoms with van der Waals surface area (Å²) in [7, 11) is 0. The molecule has 4 rings (SSSR count). The topological polar surface area (TPSA) is 76.7 Å². The average molecular weight is 445 g/mol. The molecular formula is C27H28N2O4. The maximum absolute atomic E-state index is 13.2. The van der Waals surface area contributed by atoms with Crippen LogP contribution in [0.25, 0.3) is 0 Å². The minimum absolute atomic E-state index is 0.120. The second kappa shape index (κ2) is 10.2. The fraction of sp³-hybridized carbons (Fsp3) is 0.259. The summed E-state index contributed by atoms with van der Waals surface area (Å²) in [6.07, 6.45) is 0.957. The van der Waals surface area contributed by atoms with Gasteiger partial charge in [-0.1, -0.05) is 48.5 Å². The van der Waals surface area contributed by atoms with E-state index in [1.54, 1.807) is 24.3 Å². The van der Waals surface area contributed by atoms with E-state index in [0.29, 0.717) is 17.7 Å². The molecule has 0 bridgehead atoms. The highest BCUT2D eigenvalue weighted by atomic mass is 16.5. The molecule has 1 heterocycles. The molecule has 3 aromatic carbocycles. The summed E-state index contributed by atoms with van der Waals surface area (Å²) in [5.41, 5.74) is 3.14. The van der Waals surface area contributed by atoms with Gasteiger partial charge in [0.05, 0.1) is 6.61 Å². The molecule has 6 heteroatoms. The second-order valence-electron chi connectivity index (χ2n) is 8.03. The molecule has 0 aliphatic carbocycles. The van der Waals surface area contributed by atoms with Crippen LogP contribution in [0.1, 0.15) is 46.9 Å². The highest BCUT2D eigenvalue weighted by Gasteiger charge is 2.25. The van der Waals surface area contributed by atoms with E-state index in [9.17, 15) is 9.59 Å². The molecule has 33 heavy (non-hydrogen) atoms. The SMILES string of the molecule is CCOc1cc2c(cc1CNC(=O)[C@H](NC(=O)c1ccccc1)c1ccccc1)O[C@H](C)C2. The van der Waals surface area contributed by atoms with Crippen molar-refractivity contribution >= 4 is 11.8 Å². The van der Waals surface area contributed by atoms with Gasteiger partial charge in [0.1, 0.15) is 23.6 Å². The van der Waals surface area contributed by atoms with Crippen molar-refractivity contribution in [3.63, 3.8) is 0 Å². The standard InChI is InChI=1S/C27H28N2O4/c1-3-32-23-15-21-14-18(2)33-24(21)16-22(23)17-28-27(31)25(19-10-6-4-7-11-19)29-26(30)20-12-8-5-9-13-20/h4-13,15-16,18,25H,3,14,17H2,1-2H3,(H,28,31)(H,29,30)/t18-,25-/m1/s1. The Labute approximate surface area is 193 Å². The minimum atomic E-state index is -0.833. The predicted molar refractivity (Wildman–Crippen MR) is 126 cm³/mol. The molecular weight excluding hydrogens is 416 g/mol. The number of fused-ring (bicyclic) bond motifs is 1. The van der Waals surface area contributed by atoms with Gasteiger partial charge in [0.15, 0.2) is 0 Å². The largest absolute Gasteiger partial charge is 0.494 e. The lowest BCUT2D eigenvalue weighted by Crippen LogP contribution is -2.40. The van der Waals surface area contributed by atoms with Gasteiger partial charge in [-0.3, -0.25) is 9.59 Å². The van der Waals surface area contributed by atoms with Crippen LogP contribution < -0.4 is 20.1 Å². The van der Waals surface area contributed by atoms with Crippen molar-refractivity contribution in [1.82, 2.24) is 10.6 Å². The van der Waals surface area contributed by atoms with Crippen molar-refractivity contribution in [2.75, 3.05) is 6.61 Å². The van der Waals surface area contributed by atoms with Crippen molar-refractivity contribution in [2.45, 2.75) is 39.0 Å². The van der Waals surface area contributed by atoms with Crippen molar-refractivity contribution in [1.29, 1.82) is 0 Å². The van der Waals surface area contributed by atoms with E-state index >= 15 is 0 Å². The Bertz CT molecular complexity index is 1120. The van der Waals surface area contributed by atoms with Gasteiger partial charge in [0, 0.05) is 29.7 Å². The van der Waals surface area contributed by atoms with E-state index in [4.69, 9.17) is 9.47 Å². The number of carbonyl (C=O) groups excluding carboxylic acids is 2. The van der Waals surface area contributed by atoms with Crippen LogP contribution in [0.2, 0.25) is 0 Å². The van der Waals surface area contributed by atoms with Gasteiger partial charge in [-0.2, -0.15) is 0 Å². The van der Waals surface area contributed by atoms with E-state index in [2.05, 4.69) is 10.6 Å². The lowest BCUT2D eigenvalue weighted by atomic mass is 10.0. The zero-order valence-corrected chi connectivity index (χ0v) is 18.8. The number of hydrogen-bond acceptors (Lipinski definition) is 4. The van der Waals surface area contributed by atoms with Crippen LogP contribution in [-0.4, -0.2) is 24.5 Å². The Morgan fingerprint density at radius 2 is 1.76 bits per heavy atom. The highest BCUT2D eigenvalue weighted by Crippen LogP contribution is 2.35. The van der Waals surface area contributed by atoms with E-state index in [1.165, 1.54) is 0 Å². The molecule has 0 saturated carbocycles. The lowest BCUT2D eigenvalue weighted by Gasteiger charge is -2.20. The molecule has 3 aromatic rings. The molecule has 0 fully saturated rings. The molecule has 6 nitrogen and oxygen atoms in total. The molecule has 0 aromatic heterocycles. The fourth-order valence-corrected chi connectivity index (χ4v) is 3.94. The van der Waals surface area contributed by atoms with E-state index in [0.717, 1.165) is 29.0 Å². The van der Waals surface area contributed by atoms with Crippen LogP contribution in [0, 0.1) is 0 Å². The zero-order chi connectivity index (χ0) is 23.2. The molecule has 2 atom stereocenters. The third-order valence-electron chi connectivity index (χ3n) is 5.54. The summed E-state index contributed by atoms with van der Waals surface area (Å²) in [6, 6.07) is 21.2. The number of benzene rings is 3. The monoisotopic (exact) mass is 444 g/mol. The van der Waals surface area contributed by atoms with Crippen LogP contribution in [-0.2, 0) is 17.8 Å². The Morgan fingerprint density at radius 3 is 2.45 bits per heavy atom. The summed E-state index contributed by atoms with van der Waals surface area (Å²) < 4.78 is 11.7. The van der Waals surface area contributed by atoms with Gasteiger partial charge in [0.25, 0.3) is 5.91 Å². The van der Waals surface area contributed by atoms with Crippen molar-refractivity contribution < 1.29 is 19.1 Å². The number of amides is 2. The van der Waals surface area contributed by atoms with Crippen LogP contribution in [0.4, 0.5) is 0 Å². The van der Waals surface area contributed by atoms with Crippen LogP contribution in [0.15, 0.2) is 72.8 Å². The summed E-state index contributed by atoms with van der Waals surface area (Å²) in [5, 5.41) is 5.83. The highest BCUT2D eigenvalue weighted by molar-refractivity contribution is 5.97. The van der Waals surface area contributed by atoms with Crippen molar-refractivity contribution in [3.05, 3.63) is 95.1 Å². The molecule has 1 aliphatic heterocycles. The third kappa shape index (κ3) is 5.34. The molecule has 0 saturated heterocycles. The first-order valence-corrected chi connectivity index (χ1v) is 11.2. The maximum Gasteiger partial charge on any atom is 0.252 e. The lowest BCUT2D eigenvalue weighted by molar-refractivity contribution is -0.123. The fourth-order valence-electron chi connectivity index (χ4n) is 3.94. The first-order chi connectivity index (χ1) is 16.0. The van der Waals surface area contributed by atoms with Crippen molar-refractivity contribution in [2.24, 2.45) is 0 Å². The van der Waals surface area contributed by atoms with Crippen molar-refractivity contribution in [3.8, 4) is 11.5 Å². The minimum Gasteiger partial charge on any atom is -0.494 e.